The van der Waals surface area contributed by atoms with Gasteiger partial charge in [0, 0.05) is 26.7 Å². The minimum absolute atomic E-state index is 0.0757. The quantitative estimate of drug-likeness (QED) is 0.744. The number of aliphatic hydroxyl groups excluding tert-OH is 1. The second-order valence-electron chi connectivity index (χ2n) is 6.09. The van der Waals surface area contributed by atoms with Crippen molar-refractivity contribution < 1.29 is 9.90 Å². The van der Waals surface area contributed by atoms with E-state index in [4.69, 9.17) is 5.73 Å². The Balaban J connectivity index is 1.94. The summed E-state index contributed by atoms with van der Waals surface area (Å²) in [6.07, 6.45) is 0.287. The van der Waals surface area contributed by atoms with Gasteiger partial charge in [-0.05, 0) is 31.0 Å². The number of carbonyl (C=O) groups excluding carboxylic acids is 1. The number of amides is 1. The molecular weight excluding hydrogens is 266 g/mol. The normalized spacial score (nSPS) is 24.0. The number of benzene rings is 1. The maximum atomic E-state index is 11.9. The molecule has 0 spiro atoms. The molecule has 1 aromatic rings. The molecule has 2 rings (SSSR count). The maximum Gasteiger partial charge on any atom is 0.227 e. The first-order valence-corrected chi connectivity index (χ1v) is 7.40. The van der Waals surface area contributed by atoms with Crippen molar-refractivity contribution in [2.24, 2.45) is 11.1 Å². The van der Waals surface area contributed by atoms with Gasteiger partial charge in [-0.1, -0.05) is 24.3 Å². The van der Waals surface area contributed by atoms with Crippen molar-refractivity contribution in [2.45, 2.75) is 26.0 Å². The number of β-amino-alcohol motifs (C(OH)–C–C–N with tert-alkyl or cyclic N) is 1. The summed E-state index contributed by atoms with van der Waals surface area (Å²) in [5, 5.41) is 13.1. The van der Waals surface area contributed by atoms with Gasteiger partial charge in [-0.2, -0.15) is 0 Å². The van der Waals surface area contributed by atoms with Crippen LogP contribution >= 0.6 is 0 Å². The zero-order valence-corrected chi connectivity index (χ0v) is 12.8. The molecule has 1 fully saturated rings. The van der Waals surface area contributed by atoms with Crippen LogP contribution in [0.5, 0.6) is 0 Å². The van der Waals surface area contributed by atoms with E-state index < -0.39 is 6.10 Å². The second kappa shape index (κ2) is 6.56. The zero-order chi connectivity index (χ0) is 15.5. The van der Waals surface area contributed by atoms with Gasteiger partial charge in [0.25, 0.3) is 0 Å². The fourth-order valence-electron chi connectivity index (χ4n) is 2.93. The third kappa shape index (κ3) is 3.61. The predicted molar refractivity (Wildman–Crippen MR) is 82.5 cm³/mol. The first kappa shape index (κ1) is 15.9. The monoisotopic (exact) mass is 291 g/mol. The van der Waals surface area contributed by atoms with Crippen LogP contribution in [0.3, 0.4) is 0 Å². The Hall–Kier alpha value is -1.43. The lowest BCUT2D eigenvalue weighted by molar-refractivity contribution is -0.129. The van der Waals surface area contributed by atoms with Crippen LogP contribution in [0.2, 0.25) is 0 Å². The van der Waals surface area contributed by atoms with Crippen molar-refractivity contribution in [3.63, 3.8) is 0 Å². The van der Waals surface area contributed by atoms with Gasteiger partial charge in [-0.3, -0.25) is 9.69 Å². The molecule has 1 aliphatic heterocycles. The highest BCUT2D eigenvalue weighted by molar-refractivity contribution is 5.82. The van der Waals surface area contributed by atoms with E-state index in [-0.39, 0.29) is 11.3 Å². The van der Waals surface area contributed by atoms with Gasteiger partial charge in [0.1, 0.15) is 0 Å². The van der Waals surface area contributed by atoms with Crippen molar-refractivity contribution in [1.82, 2.24) is 10.2 Å². The molecule has 5 heteroatoms. The molecule has 1 heterocycles. The van der Waals surface area contributed by atoms with Gasteiger partial charge in [0.15, 0.2) is 0 Å². The highest BCUT2D eigenvalue weighted by Gasteiger charge is 2.40. The number of aliphatic hydroxyl groups is 1. The van der Waals surface area contributed by atoms with Crippen LogP contribution in [0, 0.1) is 5.41 Å². The molecular formula is C16H25N3O2. The largest absolute Gasteiger partial charge is 0.387 e. The summed E-state index contributed by atoms with van der Waals surface area (Å²) in [5.74, 6) is 0.0757. The van der Waals surface area contributed by atoms with Gasteiger partial charge in [-0.25, -0.2) is 0 Å². The van der Waals surface area contributed by atoms with Crippen molar-refractivity contribution in [2.75, 3.05) is 26.7 Å². The lowest BCUT2D eigenvalue weighted by atomic mass is 9.89. The average molecular weight is 291 g/mol. The summed E-state index contributed by atoms with van der Waals surface area (Å²) >= 11 is 0. The first-order valence-electron chi connectivity index (χ1n) is 7.40. The predicted octanol–water partition coefficient (Wildman–Crippen LogP) is 0.637. The van der Waals surface area contributed by atoms with E-state index in [1.54, 1.807) is 7.05 Å². The van der Waals surface area contributed by atoms with Crippen LogP contribution in [-0.2, 0) is 11.3 Å². The Kier molecular flexibility index (Phi) is 4.98. The van der Waals surface area contributed by atoms with Crippen LogP contribution < -0.4 is 11.1 Å². The van der Waals surface area contributed by atoms with E-state index in [9.17, 15) is 9.90 Å². The minimum atomic E-state index is -0.538. The third-order valence-electron chi connectivity index (χ3n) is 4.36. The topological polar surface area (TPSA) is 78.6 Å². The van der Waals surface area contributed by atoms with Gasteiger partial charge in [0.2, 0.25) is 5.91 Å². The summed E-state index contributed by atoms with van der Waals surface area (Å²) in [6.45, 7) is 4.56. The number of hydrogen-bond acceptors (Lipinski definition) is 4. The van der Waals surface area contributed by atoms with E-state index in [2.05, 4.69) is 10.2 Å². The minimum Gasteiger partial charge on any atom is -0.387 e. The number of rotatable bonds is 5. The summed E-state index contributed by atoms with van der Waals surface area (Å²) < 4.78 is 0. The number of hydrogen-bond donors (Lipinski definition) is 3. The summed E-state index contributed by atoms with van der Waals surface area (Å²) in [7, 11) is 1.67. The van der Waals surface area contributed by atoms with Crippen LogP contribution in [0.1, 0.15) is 30.6 Å². The number of nitrogens with one attached hydrogen (secondary N) is 1. The molecule has 21 heavy (non-hydrogen) atoms. The molecule has 0 aliphatic carbocycles. The average Bonchev–Trinajstić information content (AvgIpc) is 2.88. The molecule has 1 amide bonds. The third-order valence-corrected chi connectivity index (χ3v) is 4.36. The molecule has 2 atom stereocenters. The Morgan fingerprint density at radius 1 is 1.48 bits per heavy atom. The van der Waals surface area contributed by atoms with E-state index in [1.165, 1.54) is 0 Å². The summed E-state index contributed by atoms with van der Waals surface area (Å²) in [5.41, 5.74) is 7.17. The van der Waals surface area contributed by atoms with Crippen molar-refractivity contribution in [3.05, 3.63) is 35.4 Å². The van der Waals surface area contributed by atoms with Gasteiger partial charge in [-0.15, -0.1) is 0 Å². The van der Waals surface area contributed by atoms with Gasteiger partial charge < -0.3 is 16.2 Å². The highest BCUT2D eigenvalue weighted by atomic mass is 16.3. The van der Waals surface area contributed by atoms with E-state index in [1.807, 2.05) is 31.2 Å². The Morgan fingerprint density at radius 2 is 2.14 bits per heavy atom. The lowest BCUT2D eigenvalue weighted by Crippen LogP contribution is -2.39. The smallest absolute Gasteiger partial charge is 0.227 e. The highest BCUT2D eigenvalue weighted by Crippen LogP contribution is 2.31. The second-order valence-corrected chi connectivity index (χ2v) is 6.09. The molecule has 5 nitrogen and oxygen atoms in total. The molecule has 1 aliphatic rings. The molecule has 0 saturated carbocycles. The lowest BCUT2D eigenvalue weighted by Gasteiger charge is -2.24. The Labute approximate surface area is 126 Å². The van der Waals surface area contributed by atoms with Crippen LogP contribution in [-0.4, -0.2) is 42.6 Å². The SMILES string of the molecule is CNC(=O)C1(C)CCN(CC(O)c2ccc(CN)cc2)C1. The standard InChI is InChI=1S/C16H25N3O2/c1-16(15(21)18-2)7-8-19(11-16)10-14(20)13-5-3-12(9-17)4-6-13/h3-6,14,20H,7-11,17H2,1-2H3,(H,18,21). The number of carbonyl (C=O) groups is 1. The molecule has 2 unspecified atom stereocenters. The molecule has 4 N–H and O–H groups in total. The van der Waals surface area contributed by atoms with Crippen LogP contribution in [0.4, 0.5) is 0 Å². The molecule has 116 valence electrons. The number of likely N-dealkylation sites (tertiary alicyclic amines) is 1. The fraction of sp³-hybridized carbons (Fsp3) is 0.562. The van der Waals surface area contributed by atoms with Gasteiger partial charge in [0.05, 0.1) is 11.5 Å². The van der Waals surface area contributed by atoms with E-state index in [0.29, 0.717) is 19.6 Å². The Morgan fingerprint density at radius 3 is 2.71 bits per heavy atom. The van der Waals surface area contributed by atoms with E-state index >= 15 is 0 Å². The summed E-state index contributed by atoms with van der Waals surface area (Å²) in [4.78, 5) is 14.0. The summed E-state index contributed by atoms with van der Waals surface area (Å²) in [6, 6.07) is 7.72. The molecule has 1 saturated heterocycles. The number of nitrogens with two attached hydrogens (primary N) is 1. The molecule has 0 aromatic heterocycles. The molecule has 0 radical (unpaired) electrons. The maximum absolute atomic E-state index is 11.9. The van der Waals surface area contributed by atoms with Crippen LogP contribution in [0.15, 0.2) is 24.3 Å². The van der Waals surface area contributed by atoms with Gasteiger partial charge >= 0.3 is 0 Å². The number of nitrogens with zero attached hydrogens (tertiary/aromatic N) is 1. The van der Waals surface area contributed by atoms with Crippen molar-refractivity contribution in [1.29, 1.82) is 0 Å². The van der Waals surface area contributed by atoms with Crippen molar-refractivity contribution >= 4 is 5.91 Å². The molecule has 1 aromatic carbocycles. The zero-order valence-electron chi connectivity index (χ0n) is 12.8. The Bertz CT molecular complexity index is 489. The van der Waals surface area contributed by atoms with Crippen molar-refractivity contribution in [3.8, 4) is 0 Å². The molecule has 0 bridgehead atoms. The van der Waals surface area contributed by atoms with Crippen LogP contribution in [0.25, 0.3) is 0 Å². The first-order chi connectivity index (χ1) is 9.98. The van der Waals surface area contributed by atoms with E-state index in [0.717, 1.165) is 24.1 Å². The fourth-order valence-corrected chi connectivity index (χ4v) is 2.93.